The summed E-state index contributed by atoms with van der Waals surface area (Å²) in [7, 11) is 0. The lowest BCUT2D eigenvalue weighted by Gasteiger charge is -2.14. The van der Waals surface area contributed by atoms with E-state index >= 15 is 0 Å². The van der Waals surface area contributed by atoms with Gasteiger partial charge < -0.3 is 4.90 Å². The SMILES string of the molecule is BrC1CCN(CCn2cccn2)C1. The third-order valence-electron chi connectivity index (χ3n) is 2.42. The molecule has 0 aliphatic carbocycles. The highest BCUT2D eigenvalue weighted by molar-refractivity contribution is 9.09. The lowest BCUT2D eigenvalue weighted by atomic mass is 10.4. The van der Waals surface area contributed by atoms with Crippen molar-refractivity contribution in [1.82, 2.24) is 14.7 Å². The normalized spacial score (nSPS) is 23.9. The molecular weight excluding hydrogens is 230 g/mol. The summed E-state index contributed by atoms with van der Waals surface area (Å²) in [5.41, 5.74) is 0. The van der Waals surface area contributed by atoms with Crippen LogP contribution in [0, 0.1) is 0 Å². The van der Waals surface area contributed by atoms with Crippen molar-refractivity contribution < 1.29 is 0 Å². The second kappa shape index (κ2) is 4.24. The van der Waals surface area contributed by atoms with Crippen molar-refractivity contribution >= 4 is 15.9 Å². The predicted octanol–water partition coefficient (Wildman–Crippen LogP) is 1.35. The summed E-state index contributed by atoms with van der Waals surface area (Å²) in [5, 5.41) is 4.17. The van der Waals surface area contributed by atoms with E-state index in [-0.39, 0.29) is 0 Å². The Morgan fingerprint density at radius 3 is 3.00 bits per heavy atom. The molecule has 0 saturated carbocycles. The molecule has 13 heavy (non-hydrogen) atoms. The number of hydrogen-bond acceptors (Lipinski definition) is 2. The zero-order valence-electron chi connectivity index (χ0n) is 7.56. The highest BCUT2D eigenvalue weighted by Crippen LogP contribution is 2.15. The van der Waals surface area contributed by atoms with Crippen LogP contribution in [0.1, 0.15) is 6.42 Å². The molecule has 1 saturated heterocycles. The number of aromatic nitrogens is 2. The topological polar surface area (TPSA) is 21.1 Å². The van der Waals surface area contributed by atoms with Gasteiger partial charge in [0.1, 0.15) is 0 Å². The van der Waals surface area contributed by atoms with Crippen LogP contribution >= 0.6 is 15.9 Å². The molecule has 72 valence electrons. The molecule has 0 amide bonds. The van der Waals surface area contributed by atoms with Crippen LogP contribution in [-0.2, 0) is 6.54 Å². The molecule has 0 bridgehead atoms. The summed E-state index contributed by atoms with van der Waals surface area (Å²) < 4.78 is 1.99. The van der Waals surface area contributed by atoms with Gasteiger partial charge >= 0.3 is 0 Å². The van der Waals surface area contributed by atoms with Crippen LogP contribution in [0.3, 0.4) is 0 Å². The number of likely N-dealkylation sites (tertiary alicyclic amines) is 1. The zero-order valence-corrected chi connectivity index (χ0v) is 9.15. The fourth-order valence-corrected chi connectivity index (χ4v) is 2.28. The summed E-state index contributed by atoms with van der Waals surface area (Å²) in [6, 6.07) is 1.97. The van der Waals surface area contributed by atoms with Crippen molar-refractivity contribution in [3.63, 3.8) is 0 Å². The Morgan fingerprint density at radius 2 is 2.38 bits per heavy atom. The number of nitrogens with zero attached hydrogens (tertiary/aromatic N) is 3. The molecule has 1 unspecified atom stereocenters. The molecule has 1 aliphatic heterocycles. The molecule has 1 fully saturated rings. The van der Waals surface area contributed by atoms with Crippen LogP contribution in [0.4, 0.5) is 0 Å². The van der Waals surface area contributed by atoms with Crippen molar-refractivity contribution in [2.45, 2.75) is 17.8 Å². The van der Waals surface area contributed by atoms with Crippen LogP contribution in [-0.4, -0.2) is 39.1 Å². The second-order valence-corrected chi connectivity index (χ2v) is 4.75. The first-order chi connectivity index (χ1) is 6.34. The predicted molar refractivity (Wildman–Crippen MR) is 56.0 cm³/mol. The van der Waals surface area contributed by atoms with Gasteiger partial charge in [-0.1, -0.05) is 15.9 Å². The molecule has 0 radical (unpaired) electrons. The first-order valence-electron chi connectivity index (χ1n) is 4.68. The lowest BCUT2D eigenvalue weighted by Crippen LogP contribution is -2.25. The average Bonchev–Trinajstić information content (AvgIpc) is 2.71. The number of hydrogen-bond donors (Lipinski definition) is 0. The first-order valence-corrected chi connectivity index (χ1v) is 5.60. The summed E-state index contributed by atoms with van der Waals surface area (Å²) in [6.07, 6.45) is 5.12. The van der Waals surface area contributed by atoms with E-state index in [1.807, 2.05) is 23.1 Å². The van der Waals surface area contributed by atoms with Crippen molar-refractivity contribution in [3.05, 3.63) is 18.5 Å². The number of halogens is 1. The summed E-state index contributed by atoms with van der Waals surface area (Å²) >= 11 is 3.63. The Morgan fingerprint density at radius 1 is 1.46 bits per heavy atom. The van der Waals surface area contributed by atoms with Gasteiger partial charge in [0.05, 0.1) is 6.54 Å². The van der Waals surface area contributed by atoms with E-state index in [0.717, 1.165) is 13.1 Å². The first kappa shape index (κ1) is 9.21. The number of alkyl halides is 1. The summed E-state index contributed by atoms with van der Waals surface area (Å²) in [4.78, 5) is 3.17. The Bertz CT molecular complexity index is 247. The van der Waals surface area contributed by atoms with E-state index in [4.69, 9.17) is 0 Å². The monoisotopic (exact) mass is 243 g/mol. The van der Waals surface area contributed by atoms with E-state index in [1.165, 1.54) is 19.5 Å². The summed E-state index contributed by atoms with van der Waals surface area (Å²) in [5.74, 6) is 0. The molecule has 2 rings (SSSR count). The van der Waals surface area contributed by atoms with Gasteiger partial charge in [0.2, 0.25) is 0 Å². The van der Waals surface area contributed by atoms with Crippen LogP contribution in [0.25, 0.3) is 0 Å². The maximum Gasteiger partial charge on any atom is 0.0536 e. The highest BCUT2D eigenvalue weighted by atomic mass is 79.9. The van der Waals surface area contributed by atoms with E-state index in [9.17, 15) is 0 Å². The van der Waals surface area contributed by atoms with Gasteiger partial charge in [0.15, 0.2) is 0 Å². The van der Waals surface area contributed by atoms with Crippen molar-refractivity contribution in [2.75, 3.05) is 19.6 Å². The molecule has 3 nitrogen and oxygen atoms in total. The van der Waals surface area contributed by atoms with Crippen LogP contribution in [0.15, 0.2) is 18.5 Å². The van der Waals surface area contributed by atoms with Gasteiger partial charge in [-0.2, -0.15) is 5.10 Å². The van der Waals surface area contributed by atoms with E-state index < -0.39 is 0 Å². The Kier molecular flexibility index (Phi) is 3.01. The largest absolute Gasteiger partial charge is 0.300 e. The molecule has 1 aromatic rings. The van der Waals surface area contributed by atoms with Gasteiger partial charge in [-0.15, -0.1) is 0 Å². The fraction of sp³-hybridized carbons (Fsp3) is 0.667. The molecule has 0 aromatic carbocycles. The quantitative estimate of drug-likeness (QED) is 0.748. The molecule has 1 atom stereocenters. The lowest BCUT2D eigenvalue weighted by molar-refractivity contribution is 0.317. The minimum Gasteiger partial charge on any atom is -0.300 e. The van der Waals surface area contributed by atoms with Crippen molar-refractivity contribution in [2.24, 2.45) is 0 Å². The minimum atomic E-state index is 0.699. The maximum absolute atomic E-state index is 4.17. The Labute approximate surface area is 86.8 Å². The average molecular weight is 244 g/mol. The fourth-order valence-electron chi connectivity index (χ4n) is 1.67. The Balaban J connectivity index is 1.74. The van der Waals surface area contributed by atoms with Gasteiger partial charge in [-0.05, 0) is 19.0 Å². The molecule has 0 N–H and O–H groups in total. The standard InChI is InChI=1S/C9H14BrN3/c10-9-2-5-12(8-9)6-7-13-4-1-3-11-13/h1,3-4,9H,2,5-8H2. The molecular formula is C9H14BrN3. The summed E-state index contributed by atoms with van der Waals surface area (Å²) in [6.45, 7) is 4.52. The zero-order chi connectivity index (χ0) is 9.10. The highest BCUT2D eigenvalue weighted by Gasteiger charge is 2.18. The van der Waals surface area contributed by atoms with Crippen LogP contribution in [0.2, 0.25) is 0 Å². The minimum absolute atomic E-state index is 0.699. The van der Waals surface area contributed by atoms with E-state index in [0.29, 0.717) is 4.83 Å². The van der Waals surface area contributed by atoms with Gasteiger partial charge in [-0.3, -0.25) is 4.68 Å². The molecule has 2 heterocycles. The maximum atomic E-state index is 4.17. The van der Waals surface area contributed by atoms with Gasteiger partial charge in [0.25, 0.3) is 0 Å². The van der Waals surface area contributed by atoms with E-state index in [1.54, 1.807) is 0 Å². The van der Waals surface area contributed by atoms with Crippen molar-refractivity contribution in [1.29, 1.82) is 0 Å². The van der Waals surface area contributed by atoms with E-state index in [2.05, 4.69) is 25.9 Å². The van der Waals surface area contributed by atoms with Gasteiger partial charge in [-0.25, -0.2) is 0 Å². The van der Waals surface area contributed by atoms with Crippen molar-refractivity contribution in [3.8, 4) is 0 Å². The molecule has 1 aromatic heterocycles. The van der Waals surface area contributed by atoms with Gasteiger partial charge in [0, 0.05) is 30.3 Å². The molecule has 0 spiro atoms. The smallest absolute Gasteiger partial charge is 0.0536 e. The third kappa shape index (κ3) is 2.54. The van der Waals surface area contributed by atoms with Crippen LogP contribution < -0.4 is 0 Å². The van der Waals surface area contributed by atoms with Crippen LogP contribution in [0.5, 0.6) is 0 Å². The molecule has 4 heteroatoms. The Hall–Kier alpha value is -0.350. The molecule has 1 aliphatic rings. The third-order valence-corrected chi connectivity index (χ3v) is 3.17. The number of rotatable bonds is 3. The second-order valence-electron chi connectivity index (χ2n) is 3.46.